The molecule has 1 saturated heterocycles. The Balaban J connectivity index is 1.33. The molecule has 38 heavy (non-hydrogen) atoms. The smallest absolute Gasteiger partial charge is 0.295 e. The van der Waals surface area contributed by atoms with Gasteiger partial charge in [0.2, 0.25) is 11.7 Å². The first kappa shape index (κ1) is 24.7. The van der Waals surface area contributed by atoms with Crippen molar-refractivity contribution in [3.63, 3.8) is 0 Å². The van der Waals surface area contributed by atoms with Gasteiger partial charge in [-0.2, -0.15) is 4.80 Å². The number of carbonyl (C=O) groups excluding carboxylic acids is 4. The Morgan fingerprint density at radius 2 is 1.71 bits per heavy atom. The first-order chi connectivity index (χ1) is 18.4. The predicted octanol–water partition coefficient (Wildman–Crippen LogP) is 0.874. The number of tetrazole rings is 1. The highest BCUT2D eigenvalue weighted by molar-refractivity contribution is 6.45. The number of piperazine rings is 1. The van der Waals surface area contributed by atoms with Crippen LogP contribution in [-0.2, 0) is 16.1 Å². The third-order valence-corrected chi connectivity index (χ3v) is 6.36. The largest absolute Gasteiger partial charge is 0.360 e. The summed E-state index contributed by atoms with van der Waals surface area (Å²) in [7, 11) is 1.48. The fourth-order valence-corrected chi connectivity index (χ4v) is 4.33. The number of nitrogens with one attached hydrogen (secondary N) is 2. The van der Waals surface area contributed by atoms with E-state index in [0.29, 0.717) is 11.1 Å². The van der Waals surface area contributed by atoms with Crippen LogP contribution in [0.4, 0.5) is 4.39 Å². The highest BCUT2D eigenvalue weighted by Crippen LogP contribution is 2.30. The van der Waals surface area contributed by atoms with E-state index < -0.39 is 17.5 Å². The van der Waals surface area contributed by atoms with E-state index in [-0.39, 0.29) is 66.8 Å². The standard InChI is InChI=1S/C25H23FN8O4/c1-27-19(35)14-34-30-23(29-31-34)16-7-8-18(26)20-17(13-28-21(16)20)22(36)25(38)33-11-9-32(10-12-33)24(37)15-5-3-2-4-6-15/h2-8,13,28H,9-12,14H2,1H3,(H,27,35). The Bertz CT molecular complexity index is 1540. The molecule has 13 heteroatoms. The SMILES string of the molecule is CNC(=O)Cn1nnc(-c2ccc(F)c3c(C(=O)C(=O)N4CCN(C(=O)c5ccccc5)CC4)c[nH]c23)n1. The van der Waals surface area contributed by atoms with Crippen molar-refractivity contribution in [3.8, 4) is 11.4 Å². The fourth-order valence-electron chi connectivity index (χ4n) is 4.33. The second kappa shape index (κ2) is 10.2. The Morgan fingerprint density at radius 1 is 1.00 bits per heavy atom. The number of hydrogen-bond donors (Lipinski definition) is 2. The number of likely N-dealkylation sites (N-methyl/N-ethyl adjacent to an activating group) is 1. The van der Waals surface area contributed by atoms with Crippen LogP contribution in [0.5, 0.6) is 0 Å². The average molecular weight is 519 g/mol. The highest BCUT2D eigenvalue weighted by Gasteiger charge is 2.31. The van der Waals surface area contributed by atoms with Crippen LogP contribution in [0, 0.1) is 5.82 Å². The number of halogens is 1. The summed E-state index contributed by atoms with van der Waals surface area (Å²) in [6, 6.07) is 11.4. The van der Waals surface area contributed by atoms with Crippen molar-refractivity contribution < 1.29 is 23.6 Å². The summed E-state index contributed by atoms with van der Waals surface area (Å²) in [6.07, 6.45) is 1.28. The third-order valence-electron chi connectivity index (χ3n) is 6.36. The van der Waals surface area contributed by atoms with Gasteiger partial charge in [0.25, 0.3) is 17.6 Å². The Labute approximate surface area is 215 Å². The van der Waals surface area contributed by atoms with Crippen LogP contribution < -0.4 is 5.32 Å². The average Bonchev–Trinajstić information content (AvgIpc) is 3.61. The zero-order valence-corrected chi connectivity index (χ0v) is 20.3. The van der Waals surface area contributed by atoms with Crippen molar-refractivity contribution in [3.05, 3.63) is 65.6 Å². The van der Waals surface area contributed by atoms with E-state index in [0.717, 1.165) is 10.9 Å². The lowest BCUT2D eigenvalue weighted by Gasteiger charge is -2.34. The van der Waals surface area contributed by atoms with E-state index in [1.165, 1.54) is 24.2 Å². The zero-order valence-electron chi connectivity index (χ0n) is 20.3. The molecule has 0 atom stereocenters. The second-order valence-electron chi connectivity index (χ2n) is 8.64. The summed E-state index contributed by atoms with van der Waals surface area (Å²) in [5, 5.41) is 14.3. The molecule has 5 rings (SSSR count). The molecule has 1 aliphatic rings. The van der Waals surface area contributed by atoms with Crippen LogP contribution in [0.15, 0.2) is 48.7 Å². The second-order valence-corrected chi connectivity index (χ2v) is 8.64. The van der Waals surface area contributed by atoms with Crippen LogP contribution in [-0.4, -0.2) is 91.7 Å². The van der Waals surface area contributed by atoms with Crippen molar-refractivity contribution in [2.75, 3.05) is 33.2 Å². The molecule has 194 valence electrons. The molecular weight excluding hydrogens is 495 g/mol. The first-order valence-electron chi connectivity index (χ1n) is 11.8. The van der Waals surface area contributed by atoms with Crippen molar-refractivity contribution >= 4 is 34.4 Å². The van der Waals surface area contributed by atoms with Gasteiger partial charge in [0.15, 0.2) is 0 Å². The maximum Gasteiger partial charge on any atom is 0.295 e. The maximum absolute atomic E-state index is 14.9. The number of rotatable bonds is 6. The lowest BCUT2D eigenvalue weighted by molar-refractivity contribution is -0.127. The van der Waals surface area contributed by atoms with Crippen molar-refractivity contribution in [1.82, 2.24) is 40.3 Å². The molecule has 2 N–H and O–H groups in total. The number of carbonyl (C=O) groups is 4. The van der Waals surface area contributed by atoms with Gasteiger partial charge in [0.05, 0.1) is 11.1 Å². The van der Waals surface area contributed by atoms with Gasteiger partial charge < -0.3 is 20.1 Å². The highest BCUT2D eigenvalue weighted by atomic mass is 19.1. The number of aromatic amines is 1. The van der Waals surface area contributed by atoms with Crippen LogP contribution in [0.1, 0.15) is 20.7 Å². The summed E-state index contributed by atoms with van der Waals surface area (Å²) >= 11 is 0. The first-order valence-corrected chi connectivity index (χ1v) is 11.8. The van der Waals surface area contributed by atoms with Crippen LogP contribution >= 0.6 is 0 Å². The van der Waals surface area contributed by atoms with Gasteiger partial charge in [-0.15, -0.1) is 10.2 Å². The third kappa shape index (κ3) is 4.61. The molecule has 0 bridgehead atoms. The molecule has 0 saturated carbocycles. The lowest BCUT2D eigenvalue weighted by atomic mass is 10.0. The number of amides is 3. The van der Waals surface area contributed by atoms with Gasteiger partial charge in [-0.3, -0.25) is 19.2 Å². The van der Waals surface area contributed by atoms with E-state index in [4.69, 9.17) is 0 Å². The van der Waals surface area contributed by atoms with Gasteiger partial charge in [-0.25, -0.2) is 4.39 Å². The minimum absolute atomic E-state index is 0.0682. The molecular formula is C25H23FN8O4. The molecule has 4 aromatic rings. The Kier molecular flexibility index (Phi) is 6.64. The van der Waals surface area contributed by atoms with E-state index >= 15 is 0 Å². The lowest BCUT2D eigenvalue weighted by Crippen LogP contribution is -2.52. The Morgan fingerprint density at radius 3 is 2.42 bits per heavy atom. The normalized spacial score (nSPS) is 13.5. The number of aromatic nitrogens is 5. The van der Waals surface area contributed by atoms with Crippen molar-refractivity contribution in [2.45, 2.75) is 6.54 Å². The number of fused-ring (bicyclic) bond motifs is 1. The number of Topliss-reactive ketones (excluding diaryl/α,β-unsaturated/α-hetero) is 1. The number of hydrogen-bond acceptors (Lipinski definition) is 7. The minimum atomic E-state index is -0.869. The monoisotopic (exact) mass is 518 g/mol. The van der Waals surface area contributed by atoms with Crippen LogP contribution in [0.25, 0.3) is 22.3 Å². The zero-order chi connectivity index (χ0) is 26.8. The van der Waals surface area contributed by atoms with Crippen molar-refractivity contribution in [2.24, 2.45) is 0 Å². The molecule has 0 spiro atoms. The minimum Gasteiger partial charge on any atom is -0.360 e. The van der Waals surface area contributed by atoms with Crippen LogP contribution in [0.3, 0.4) is 0 Å². The molecule has 3 amide bonds. The molecule has 0 radical (unpaired) electrons. The van der Waals surface area contributed by atoms with Crippen molar-refractivity contribution in [1.29, 1.82) is 0 Å². The Hall–Kier alpha value is -4.94. The topological polar surface area (TPSA) is 146 Å². The van der Waals surface area contributed by atoms with Gasteiger partial charge in [-0.05, 0) is 29.5 Å². The van der Waals surface area contributed by atoms with E-state index in [2.05, 4.69) is 25.7 Å². The summed E-state index contributed by atoms with van der Waals surface area (Å²) < 4.78 is 14.9. The van der Waals surface area contributed by atoms with Gasteiger partial charge >= 0.3 is 0 Å². The number of ketones is 1. The molecule has 1 aliphatic heterocycles. The maximum atomic E-state index is 14.9. The molecule has 0 aliphatic carbocycles. The van der Waals surface area contributed by atoms with E-state index in [1.54, 1.807) is 29.2 Å². The van der Waals surface area contributed by atoms with E-state index in [1.807, 2.05) is 6.07 Å². The number of nitrogens with zero attached hydrogens (tertiary/aromatic N) is 6. The predicted molar refractivity (Wildman–Crippen MR) is 132 cm³/mol. The summed E-state index contributed by atoms with van der Waals surface area (Å²) in [5.74, 6) is -2.70. The molecule has 2 aromatic heterocycles. The van der Waals surface area contributed by atoms with Crippen LogP contribution in [0.2, 0.25) is 0 Å². The van der Waals surface area contributed by atoms with E-state index in [9.17, 15) is 23.6 Å². The summed E-state index contributed by atoms with van der Waals surface area (Å²) in [6.45, 7) is 0.753. The molecule has 1 fully saturated rings. The molecule has 12 nitrogen and oxygen atoms in total. The molecule has 0 unspecified atom stereocenters. The summed E-state index contributed by atoms with van der Waals surface area (Å²) in [5.41, 5.74) is 1.00. The molecule has 3 heterocycles. The quantitative estimate of drug-likeness (QED) is 0.285. The van der Waals surface area contributed by atoms with Gasteiger partial charge in [0.1, 0.15) is 12.4 Å². The summed E-state index contributed by atoms with van der Waals surface area (Å²) in [4.78, 5) is 57.4. The number of H-pyrrole nitrogens is 1. The number of benzene rings is 2. The fraction of sp³-hybridized carbons (Fsp3) is 0.240. The van der Waals surface area contributed by atoms with Gasteiger partial charge in [-0.1, -0.05) is 18.2 Å². The molecule has 2 aromatic carbocycles. The van der Waals surface area contributed by atoms with Gasteiger partial charge in [0, 0.05) is 55.9 Å².